The average Bonchev–Trinajstić information content (AvgIpc) is 2.67. The molecule has 2 aromatic rings. The molecule has 0 radical (unpaired) electrons. The third-order valence-corrected chi connectivity index (χ3v) is 4.84. The van der Waals surface area contributed by atoms with Crippen LogP contribution in [0.5, 0.6) is 5.75 Å². The minimum Gasteiger partial charge on any atom is -0.496 e. The second kappa shape index (κ2) is 9.65. The molecule has 2 rings (SSSR count). The molecule has 0 aliphatic rings. The Morgan fingerprint density at radius 2 is 1.69 bits per heavy atom. The molecule has 0 saturated carbocycles. The van der Waals surface area contributed by atoms with Crippen LogP contribution in [0.3, 0.4) is 0 Å². The van der Waals surface area contributed by atoms with E-state index in [1.54, 1.807) is 0 Å². The molecule has 29 heavy (non-hydrogen) atoms. The van der Waals surface area contributed by atoms with Crippen LogP contribution in [0, 0.1) is 0 Å². The molecule has 0 atom stereocenters. The van der Waals surface area contributed by atoms with E-state index >= 15 is 0 Å². The lowest BCUT2D eigenvalue weighted by Gasteiger charge is -2.20. The number of ether oxygens (including phenoxy) is 2. The van der Waals surface area contributed by atoms with Gasteiger partial charge in [0.2, 0.25) is 0 Å². The van der Waals surface area contributed by atoms with Crippen LogP contribution in [0.1, 0.15) is 61.0 Å². The van der Waals surface area contributed by atoms with E-state index in [-0.39, 0.29) is 33.9 Å². The number of esters is 1. The maximum atomic E-state index is 12.5. The Morgan fingerprint density at radius 1 is 1.10 bits per heavy atom. The molecule has 6 nitrogen and oxygen atoms in total. The number of hydrogen-bond donors (Lipinski definition) is 2. The molecule has 2 aromatic carbocycles. The fourth-order valence-electron chi connectivity index (χ4n) is 2.98. The third-order valence-electron chi connectivity index (χ3n) is 4.51. The van der Waals surface area contributed by atoms with E-state index < -0.39 is 18.5 Å². The minimum absolute atomic E-state index is 0.102. The zero-order valence-corrected chi connectivity index (χ0v) is 18.1. The highest BCUT2D eigenvalue weighted by Gasteiger charge is 2.20. The van der Waals surface area contributed by atoms with Crippen molar-refractivity contribution >= 4 is 34.9 Å². The number of carbonyl (C=O) groups excluding carboxylic acids is 2. The first kappa shape index (κ1) is 22.6. The number of halogens is 1. The molecule has 0 aliphatic heterocycles. The van der Waals surface area contributed by atoms with Crippen LogP contribution < -0.4 is 15.8 Å². The van der Waals surface area contributed by atoms with Gasteiger partial charge < -0.3 is 20.5 Å². The number of rotatable bonds is 7. The number of anilines is 2. The fraction of sp³-hybridized carbons (Fsp3) is 0.364. The van der Waals surface area contributed by atoms with Crippen molar-refractivity contribution in [2.24, 2.45) is 0 Å². The monoisotopic (exact) mass is 418 g/mol. The molecule has 156 valence electrons. The summed E-state index contributed by atoms with van der Waals surface area (Å²) in [6.07, 6.45) is 0. The van der Waals surface area contributed by atoms with Crippen molar-refractivity contribution in [2.45, 2.75) is 39.5 Å². The van der Waals surface area contributed by atoms with Gasteiger partial charge in [0, 0.05) is 11.8 Å². The van der Waals surface area contributed by atoms with Gasteiger partial charge in [0.05, 0.1) is 17.8 Å². The van der Waals surface area contributed by atoms with Crippen molar-refractivity contribution < 1.29 is 19.1 Å². The lowest BCUT2D eigenvalue weighted by Crippen LogP contribution is -2.23. The van der Waals surface area contributed by atoms with Gasteiger partial charge >= 0.3 is 5.97 Å². The summed E-state index contributed by atoms with van der Waals surface area (Å²) in [7, 11) is 1.41. The fourth-order valence-corrected chi connectivity index (χ4v) is 3.14. The van der Waals surface area contributed by atoms with Crippen LogP contribution in [-0.2, 0) is 9.53 Å². The summed E-state index contributed by atoms with van der Waals surface area (Å²) in [4.78, 5) is 24.9. The van der Waals surface area contributed by atoms with Crippen LogP contribution in [0.4, 0.5) is 11.4 Å². The molecule has 0 fully saturated rings. The Kier molecular flexibility index (Phi) is 7.51. The van der Waals surface area contributed by atoms with Crippen LogP contribution in [0.2, 0.25) is 5.02 Å². The summed E-state index contributed by atoms with van der Waals surface area (Å²) in [5.41, 5.74) is 8.94. The van der Waals surface area contributed by atoms with Gasteiger partial charge in [0.25, 0.3) is 5.91 Å². The van der Waals surface area contributed by atoms with Crippen molar-refractivity contribution in [1.82, 2.24) is 0 Å². The van der Waals surface area contributed by atoms with Gasteiger partial charge in [-0.1, -0.05) is 57.5 Å². The largest absolute Gasteiger partial charge is 0.496 e. The molecule has 1 amide bonds. The molecule has 0 heterocycles. The van der Waals surface area contributed by atoms with Crippen LogP contribution in [-0.4, -0.2) is 25.6 Å². The zero-order valence-electron chi connectivity index (χ0n) is 17.3. The number of hydrogen-bond acceptors (Lipinski definition) is 5. The molecule has 0 bridgehead atoms. The maximum absolute atomic E-state index is 12.5. The number of nitrogens with one attached hydrogen (secondary N) is 1. The first-order valence-electron chi connectivity index (χ1n) is 9.38. The standard InChI is InChI=1S/C22H27ClN2O4/c1-12(2)14-7-6-8-15(13(3)4)21(14)25-20(26)11-29-22(27)16-9-17(23)18(24)10-19(16)28-5/h6-10,12-13H,11,24H2,1-5H3,(H,25,26). The summed E-state index contributed by atoms with van der Waals surface area (Å²) in [6.45, 7) is 7.81. The summed E-state index contributed by atoms with van der Waals surface area (Å²) >= 11 is 5.98. The van der Waals surface area contributed by atoms with Crippen LogP contribution in [0.25, 0.3) is 0 Å². The highest BCUT2D eigenvalue weighted by Crippen LogP contribution is 2.32. The Morgan fingerprint density at radius 3 is 2.21 bits per heavy atom. The second-order valence-corrected chi connectivity index (χ2v) is 7.73. The first-order chi connectivity index (χ1) is 13.6. The summed E-state index contributed by atoms with van der Waals surface area (Å²) < 4.78 is 10.3. The Labute approximate surface area is 176 Å². The van der Waals surface area contributed by atoms with E-state index in [0.29, 0.717) is 0 Å². The van der Waals surface area contributed by atoms with Crippen molar-refractivity contribution in [3.8, 4) is 5.75 Å². The van der Waals surface area contributed by atoms with Crippen molar-refractivity contribution in [3.05, 3.63) is 52.0 Å². The second-order valence-electron chi connectivity index (χ2n) is 7.32. The summed E-state index contributed by atoms with van der Waals surface area (Å²) in [5.74, 6) is -0.459. The quantitative estimate of drug-likeness (QED) is 0.489. The number of methoxy groups -OCH3 is 1. The lowest BCUT2D eigenvalue weighted by atomic mass is 9.92. The number of nitrogen functional groups attached to an aromatic ring is 1. The Balaban J connectivity index is 2.15. The third kappa shape index (κ3) is 5.41. The van der Waals surface area contributed by atoms with Gasteiger partial charge in [-0.15, -0.1) is 0 Å². The number of amides is 1. The molecule has 0 saturated heterocycles. The van der Waals surface area contributed by atoms with Crippen LogP contribution >= 0.6 is 11.6 Å². The van der Waals surface area contributed by atoms with Gasteiger partial charge in [-0.25, -0.2) is 4.79 Å². The molecule has 0 unspecified atom stereocenters. The van der Waals surface area contributed by atoms with Gasteiger partial charge in [0.1, 0.15) is 11.3 Å². The average molecular weight is 419 g/mol. The van der Waals surface area contributed by atoms with Gasteiger partial charge in [-0.2, -0.15) is 0 Å². The van der Waals surface area contributed by atoms with E-state index in [2.05, 4.69) is 33.0 Å². The molecule has 0 aliphatic carbocycles. The molecule has 0 aromatic heterocycles. The van der Waals surface area contributed by atoms with E-state index in [1.165, 1.54) is 19.2 Å². The van der Waals surface area contributed by atoms with Gasteiger partial charge in [0.15, 0.2) is 6.61 Å². The topological polar surface area (TPSA) is 90.7 Å². The maximum Gasteiger partial charge on any atom is 0.342 e. The normalized spacial score (nSPS) is 10.9. The van der Waals surface area contributed by atoms with E-state index in [9.17, 15) is 9.59 Å². The molecule has 7 heteroatoms. The van der Waals surface area contributed by atoms with Crippen LogP contribution in [0.15, 0.2) is 30.3 Å². The summed E-state index contributed by atoms with van der Waals surface area (Å²) in [6, 6.07) is 8.75. The smallest absolute Gasteiger partial charge is 0.342 e. The number of nitrogens with two attached hydrogens (primary N) is 1. The predicted octanol–water partition coefficient (Wildman–Crippen LogP) is 4.97. The summed E-state index contributed by atoms with van der Waals surface area (Å²) in [5, 5.41) is 3.11. The van der Waals surface area contributed by atoms with Gasteiger partial charge in [-0.05, 0) is 29.0 Å². The highest BCUT2D eigenvalue weighted by atomic mass is 35.5. The predicted molar refractivity (Wildman–Crippen MR) is 116 cm³/mol. The molecule has 0 spiro atoms. The van der Waals surface area contributed by atoms with Gasteiger partial charge in [-0.3, -0.25) is 4.79 Å². The zero-order chi connectivity index (χ0) is 21.7. The SMILES string of the molecule is COc1cc(N)c(Cl)cc1C(=O)OCC(=O)Nc1c(C(C)C)cccc1C(C)C. The van der Waals surface area contributed by atoms with Crippen molar-refractivity contribution in [3.63, 3.8) is 0 Å². The number of benzene rings is 2. The Bertz CT molecular complexity index is 884. The first-order valence-corrected chi connectivity index (χ1v) is 9.76. The number of para-hydroxylation sites is 1. The Hall–Kier alpha value is -2.73. The lowest BCUT2D eigenvalue weighted by molar-refractivity contribution is -0.119. The number of carbonyl (C=O) groups is 2. The molecular formula is C22H27ClN2O4. The minimum atomic E-state index is -0.722. The molecular weight excluding hydrogens is 392 g/mol. The van der Waals surface area contributed by atoms with E-state index in [4.69, 9.17) is 26.8 Å². The van der Waals surface area contributed by atoms with Crippen molar-refractivity contribution in [2.75, 3.05) is 24.8 Å². The van der Waals surface area contributed by atoms with Crippen molar-refractivity contribution in [1.29, 1.82) is 0 Å². The molecule has 3 N–H and O–H groups in total. The van der Waals surface area contributed by atoms with E-state index in [1.807, 2.05) is 18.2 Å². The highest BCUT2D eigenvalue weighted by molar-refractivity contribution is 6.33. The van der Waals surface area contributed by atoms with E-state index in [0.717, 1.165) is 16.8 Å².